The van der Waals surface area contributed by atoms with E-state index in [9.17, 15) is 4.79 Å². The molecular weight excluding hydrogens is 346 g/mol. The zero-order valence-corrected chi connectivity index (χ0v) is 12.9. The number of likely N-dealkylation sites (tertiary alicyclic amines) is 1. The molecule has 1 aromatic carbocycles. The Hall–Kier alpha value is -0.350. The maximum atomic E-state index is 12.3. The quantitative estimate of drug-likeness (QED) is 0.699. The smallest absolute Gasteiger partial charge is 0.255 e. The third kappa shape index (κ3) is 2.91. The molecule has 1 aromatic rings. The number of halogens is 2. The number of alkyl halides is 1. The average molecular weight is 361 g/mol. The van der Waals surface area contributed by atoms with Gasteiger partial charge in [-0.05, 0) is 40.4 Å². The molecule has 0 saturated carbocycles. The van der Waals surface area contributed by atoms with Gasteiger partial charge in [-0.25, -0.2) is 0 Å². The number of hydrogen-bond donors (Lipinski definition) is 0. The topological polar surface area (TPSA) is 20.3 Å². The fourth-order valence-electron chi connectivity index (χ4n) is 2.01. The van der Waals surface area contributed by atoms with Crippen molar-refractivity contribution in [3.05, 3.63) is 34.3 Å². The summed E-state index contributed by atoms with van der Waals surface area (Å²) in [5.74, 6) is 0.757. The van der Waals surface area contributed by atoms with Crippen LogP contribution in [0.15, 0.2) is 28.7 Å². The Kier molecular flexibility index (Phi) is 4.26. The minimum atomic E-state index is 0.119. The first kappa shape index (κ1) is 13.1. The molecule has 0 aliphatic carbocycles. The lowest BCUT2D eigenvalue weighted by Gasteiger charge is -2.34. The van der Waals surface area contributed by atoms with Gasteiger partial charge in [0.2, 0.25) is 0 Å². The van der Waals surface area contributed by atoms with Gasteiger partial charge in [-0.15, -0.1) is 0 Å². The minimum absolute atomic E-state index is 0.119. The zero-order chi connectivity index (χ0) is 12.4. The first-order chi connectivity index (χ1) is 8.09. The van der Waals surface area contributed by atoms with E-state index >= 15 is 0 Å². The van der Waals surface area contributed by atoms with Crippen LogP contribution in [-0.2, 0) is 0 Å². The second-order valence-electron chi connectivity index (χ2n) is 4.51. The van der Waals surface area contributed by atoms with Crippen molar-refractivity contribution in [1.82, 2.24) is 4.90 Å². The van der Waals surface area contributed by atoms with E-state index in [0.717, 1.165) is 29.5 Å². The number of hydrogen-bond acceptors (Lipinski definition) is 1. The molecule has 4 heteroatoms. The van der Waals surface area contributed by atoms with E-state index in [1.165, 1.54) is 0 Å². The van der Waals surface area contributed by atoms with Crippen molar-refractivity contribution in [3.63, 3.8) is 0 Å². The molecule has 1 fully saturated rings. The summed E-state index contributed by atoms with van der Waals surface area (Å²) in [5, 5.41) is 0. The Bertz CT molecular complexity index is 422. The molecule has 2 unspecified atom stereocenters. The summed E-state index contributed by atoms with van der Waals surface area (Å²) in [4.78, 5) is 14.7. The molecule has 92 valence electrons. The van der Waals surface area contributed by atoms with E-state index in [1.807, 2.05) is 29.2 Å². The van der Waals surface area contributed by atoms with Crippen molar-refractivity contribution in [1.29, 1.82) is 0 Å². The van der Waals surface area contributed by atoms with Crippen LogP contribution in [-0.4, -0.2) is 28.7 Å². The van der Waals surface area contributed by atoms with Crippen LogP contribution in [0.5, 0.6) is 0 Å². The second-order valence-corrected chi connectivity index (χ2v) is 6.54. The Morgan fingerprint density at radius 3 is 2.76 bits per heavy atom. The van der Waals surface area contributed by atoms with Gasteiger partial charge in [-0.1, -0.05) is 35.0 Å². The van der Waals surface area contributed by atoms with E-state index in [0.29, 0.717) is 10.7 Å². The summed E-state index contributed by atoms with van der Waals surface area (Å²) >= 11 is 7.08. The van der Waals surface area contributed by atoms with Gasteiger partial charge in [0.25, 0.3) is 5.91 Å². The molecule has 2 rings (SSSR count). The van der Waals surface area contributed by atoms with E-state index in [2.05, 4.69) is 38.8 Å². The maximum Gasteiger partial charge on any atom is 0.255 e. The van der Waals surface area contributed by atoms with Crippen LogP contribution in [0.25, 0.3) is 0 Å². The van der Waals surface area contributed by atoms with Crippen molar-refractivity contribution in [2.75, 3.05) is 13.1 Å². The summed E-state index contributed by atoms with van der Waals surface area (Å²) in [7, 11) is 0. The predicted octanol–water partition coefficient (Wildman–Crippen LogP) is 3.69. The highest BCUT2D eigenvalue weighted by molar-refractivity contribution is 9.10. The highest BCUT2D eigenvalue weighted by Gasteiger charge is 2.28. The Balaban J connectivity index is 2.14. The molecule has 0 N–H and O–H groups in total. The molecule has 0 bridgehead atoms. The molecule has 1 saturated heterocycles. The van der Waals surface area contributed by atoms with Crippen molar-refractivity contribution in [3.8, 4) is 0 Å². The molecule has 1 heterocycles. The van der Waals surface area contributed by atoms with Crippen LogP contribution in [0.1, 0.15) is 23.7 Å². The molecular formula is C13H15Br2NO. The van der Waals surface area contributed by atoms with E-state index in [1.54, 1.807) is 0 Å². The first-order valence-corrected chi connectivity index (χ1v) is 7.48. The molecule has 1 amide bonds. The SMILES string of the molecule is CC1CCN(C(=O)c2ccccc2Br)CC1Br. The number of carbonyl (C=O) groups is 1. The molecule has 17 heavy (non-hydrogen) atoms. The molecule has 2 nitrogen and oxygen atoms in total. The van der Waals surface area contributed by atoms with Crippen LogP contribution in [0.3, 0.4) is 0 Å². The standard InChI is InChI=1S/C13H15Br2NO/c1-9-6-7-16(8-12(9)15)13(17)10-4-2-3-5-11(10)14/h2-5,9,12H,6-8H2,1H3. The van der Waals surface area contributed by atoms with Crippen LogP contribution >= 0.6 is 31.9 Å². The normalized spacial score (nSPS) is 24.8. The van der Waals surface area contributed by atoms with Crippen LogP contribution in [0.4, 0.5) is 0 Å². The maximum absolute atomic E-state index is 12.3. The van der Waals surface area contributed by atoms with Gasteiger partial charge in [0.1, 0.15) is 0 Å². The lowest BCUT2D eigenvalue weighted by Crippen LogP contribution is -2.43. The monoisotopic (exact) mass is 359 g/mol. The first-order valence-electron chi connectivity index (χ1n) is 5.77. The third-order valence-corrected chi connectivity index (χ3v) is 5.14. The number of amides is 1. The van der Waals surface area contributed by atoms with E-state index in [-0.39, 0.29) is 5.91 Å². The number of nitrogens with zero attached hydrogens (tertiary/aromatic N) is 1. The van der Waals surface area contributed by atoms with Gasteiger partial charge in [-0.3, -0.25) is 4.79 Å². The molecule has 0 spiro atoms. The largest absolute Gasteiger partial charge is 0.337 e. The molecule has 1 aliphatic heterocycles. The average Bonchev–Trinajstić information content (AvgIpc) is 2.32. The number of piperidine rings is 1. The van der Waals surface area contributed by atoms with Crippen LogP contribution < -0.4 is 0 Å². The van der Waals surface area contributed by atoms with Crippen molar-refractivity contribution in [2.24, 2.45) is 5.92 Å². The van der Waals surface area contributed by atoms with E-state index < -0.39 is 0 Å². The summed E-state index contributed by atoms with van der Waals surface area (Å²) in [6.45, 7) is 3.87. The number of carbonyl (C=O) groups excluding carboxylic acids is 1. The Labute approximate surface area is 119 Å². The Morgan fingerprint density at radius 1 is 1.41 bits per heavy atom. The summed E-state index contributed by atoms with van der Waals surface area (Å²) in [6, 6.07) is 7.60. The molecule has 2 atom stereocenters. The molecule has 1 aliphatic rings. The summed E-state index contributed by atoms with van der Waals surface area (Å²) in [6.07, 6.45) is 1.06. The van der Waals surface area contributed by atoms with Gasteiger partial charge in [0.15, 0.2) is 0 Å². The van der Waals surface area contributed by atoms with Gasteiger partial charge >= 0.3 is 0 Å². The fourth-order valence-corrected chi connectivity index (χ4v) is 3.08. The van der Waals surface area contributed by atoms with Gasteiger partial charge in [-0.2, -0.15) is 0 Å². The van der Waals surface area contributed by atoms with Gasteiger partial charge in [0, 0.05) is 22.4 Å². The third-order valence-electron chi connectivity index (χ3n) is 3.26. The van der Waals surface area contributed by atoms with Gasteiger partial charge in [0.05, 0.1) is 5.56 Å². The molecule has 0 radical (unpaired) electrons. The predicted molar refractivity (Wildman–Crippen MR) is 76.5 cm³/mol. The van der Waals surface area contributed by atoms with Crippen LogP contribution in [0.2, 0.25) is 0 Å². The highest BCUT2D eigenvalue weighted by Crippen LogP contribution is 2.26. The lowest BCUT2D eigenvalue weighted by atomic mass is 9.98. The van der Waals surface area contributed by atoms with Crippen LogP contribution in [0, 0.1) is 5.92 Å². The molecule has 0 aromatic heterocycles. The highest BCUT2D eigenvalue weighted by atomic mass is 79.9. The zero-order valence-electron chi connectivity index (χ0n) is 9.70. The number of benzene rings is 1. The fraction of sp³-hybridized carbons (Fsp3) is 0.462. The van der Waals surface area contributed by atoms with Crippen molar-refractivity contribution < 1.29 is 4.79 Å². The van der Waals surface area contributed by atoms with E-state index in [4.69, 9.17) is 0 Å². The lowest BCUT2D eigenvalue weighted by molar-refractivity contribution is 0.0705. The number of rotatable bonds is 1. The van der Waals surface area contributed by atoms with Gasteiger partial charge < -0.3 is 4.90 Å². The summed E-state index contributed by atoms with van der Waals surface area (Å²) in [5.41, 5.74) is 0.752. The second kappa shape index (κ2) is 5.53. The Morgan fingerprint density at radius 2 is 2.12 bits per heavy atom. The van der Waals surface area contributed by atoms with Crippen molar-refractivity contribution in [2.45, 2.75) is 18.2 Å². The minimum Gasteiger partial charge on any atom is -0.337 e. The summed E-state index contributed by atoms with van der Waals surface area (Å²) < 4.78 is 0.870. The van der Waals surface area contributed by atoms with Crippen molar-refractivity contribution >= 4 is 37.8 Å².